The number of aromatic nitrogens is 3. The molecule has 2 aromatic heterocycles. The van der Waals surface area contributed by atoms with Crippen LogP contribution in [0.4, 0.5) is 10.8 Å². The highest BCUT2D eigenvalue weighted by Crippen LogP contribution is 2.26. The Morgan fingerprint density at radius 2 is 2.04 bits per heavy atom. The average Bonchev–Trinajstić information content (AvgIpc) is 2.94. The number of fused-ring (bicyclic) bond motifs is 2. The zero-order chi connectivity index (χ0) is 16.0. The smallest absolute Gasteiger partial charge is 0.283 e. The highest BCUT2D eigenvalue weighted by atomic mass is 35.5. The average molecular weight is 343 g/mol. The van der Waals surface area contributed by atoms with Crippen LogP contribution in [0.25, 0.3) is 15.9 Å². The quantitative estimate of drug-likeness (QED) is 0.598. The lowest BCUT2D eigenvalue weighted by Crippen LogP contribution is -2.15. The molecule has 0 aliphatic carbocycles. The van der Waals surface area contributed by atoms with Gasteiger partial charge in [0.25, 0.3) is 5.56 Å². The van der Waals surface area contributed by atoms with Gasteiger partial charge in [-0.25, -0.2) is 4.98 Å². The summed E-state index contributed by atoms with van der Waals surface area (Å²) < 4.78 is 1.33. The van der Waals surface area contributed by atoms with Crippen LogP contribution >= 0.6 is 22.9 Å². The van der Waals surface area contributed by atoms with Gasteiger partial charge in [0.15, 0.2) is 0 Å². The van der Waals surface area contributed by atoms with Crippen LogP contribution in [-0.2, 0) is 0 Å². The predicted octanol–water partition coefficient (Wildman–Crippen LogP) is 4.01. The van der Waals surface area contributed by atoms with Crippen molar-refractivity contribution in [2.45, 2.75) is 6.92 Å². The topological polar surface area (TPSA) is 59.3 Å². The molecule has 2 aromatic carbocycles. The number of anilines is 2. The Bertz CT molecular complexity index is 1100. The molecule has 0 aliphatic rings. The van der Waals surface area contributed by atoms with Gasteiger partial charge in [0.1, 0.15) is 0 Å². The number of para-hydroxylation sites is 1. The molecule has 0 amide bonds. The summed E-state index contributed by atoms with van der Waals surface area (Å²) in [6, 6.07) is 12.8. The first-order valence-corrected chi connectivity index (χ1v) is 8.13. The second kappa shape index (κ2) is 5.33. The second-order valence-corrected chi connectivity index (χ2v) is 6.51. The Kier molecular flexibility index (Phi) is 3.28. The maximum atomic E-state index is 12.5. The minimum atomic E-state index is -0.169. The first-order valence-electron chi connectivity index (χ1n) is 6.93. The standard InChI is InChI=1S/C16H11ClN4OS/c1-9-6-7-10(17)8-13(9)18-15-20-21-14(22)11-4-2-3-5-12(11)19-16(21)23-15/h2-8H,1H3,(H,18,20). The van der Waals surface area contributed by atoms with Gasteiger partial charge in [0.05, 0.1) is 10.9 Å². The molecule has 4 aromatic rings. The molecule has 23 heavy (non-hydrogen) atoms. The van der Waals surface area contributed by atoms with E-state index in [1.54, 1.807) is 6.07 Å². The van der Waals surface area contributed by atoms with Gasteiger partial charge >= 0.3 is 0 Å². The fourth-order valence-corrected chi connectivity index (χ4v) is 3.33. The molecule has 4 rings (SSSR count). The number of benzene rings is 2. The Hall–Kier alpha value is -2.44. The summed E-state index contributed by atoms with van der Waals surface area (Å²) in [6.07, 6.45) is 0. The van der Waals surface area contributed by atoms with Gasteiger partial charge in [0, 0.05) is 10.7 Å². The first-order chi connectivity index (χ1) is 11.1. The summed E-state index contributed by atoms with van der Waals surface area (Å²) in [5, 5.41) is 9.33. The molecule has 0 bridgehead atoms. The lowest BCUT2D eigenvalue weighted by molar-refractivity contribution is 0.919. The van der Waals surface area contributed by atoms with Crippen molar-refractivity contribution in [3.63, 3.8) is 0 Å². The third kappa shape index (κ3) is 2.46. The van der Waals surface area contributed by atoms with Crippen LogP contribution in [0.1, 0.15) is 5.56 Å². The molecule has 0 aliphatic heterocycles. The summed E-state index contributed by atoms with van der Waals surface area (Å²) in [5.74, 6) is 0. The van der Waals surface area contributed by atoms with Gasteiger partial charge in [0.2, 0.25) is 10.1 Å². The monoisotopic (exact) mass is 342 g/mol. The highest BCUT2D eigenvalue weighted by Gasteiger charge is 2.11. The van der Waals surface area contributed by atoms with E-state index in [9.17, 15) is 4.79 Å². The Morgan fingerprint density at radius 1 is 1.22 bits per heavy atom. The fraction of sp³-hybridized carbons (Fsp3) is 0.0625. The number of rotatable bonds is 2. The molecule has 2 heterocycles. The van der Waals surface area contributed by atoms with Gasteiger partial charge in [-0.1, -0.05) is 41.1 Å². The van der Waals surface area contributed by atoms with E-state index in [2.05, 4.69) is 15.4 Å². The van der Waals surface area contributed by atoms with Crippen molar-refractivity contribution < 1.29 is 0 Å². The van der Waals surface area contributed by atoms with E-state index in [1.807, 2.05) is 43.3 Å². The molecule has 114 valence electrons. The number of nitrogens with one attached hydrogen (secondary N) is 1. The predicted molar refractivity (Wildman–Crippen MR) is 94.1 cm³/mol. The summed E-state index contributed by atoms with van der Waals surface area (Å²) in [5.41, 5.74) is 2.40. The molecule has 0 radical (unpaired) electrons. The van der Waals surface area contributed by atoms with Crippen LogP contribution in [-0.4, -0.2) is 14.6 Å². The van der Waals surface area contributed by atoms with Gasteiger partial charge in [-0.15, -0.1) is 5.10 Å². The molecule has 0 atom stereocenters. The number of aryl methyl sites for hydroxylation is 1. The zero-order valence-electron chi connectivity index (χ0n) is 12.1. The van der Waals surface area contributed by atoms with E-state index < -0.39 is 0 Å². The Morgan fingerprint density at radius 3 is 2.91 bits per heavy atom. The second-order valence-electron chi connectivity index (χ2n) is 5.12. The van der Waals surface area contributed by atoms with Crippen molar-refractivity contribution in [2.75, 3.05) is 5.32 Å². The number of hydrogen-bond donors (Lipinski definition) is 1. The van der Waals surface area contributed by atoms with Crippen LogP contribution in [0.2, 0.25) is 5.02 Å². The van der Waals surface area contributed by atoms with Crippen LogP contribution in [0.15, 0.2) is 47.3 Å². The molecular weight excluding hydrogens is 332 g/mol. The van der Waals surface area contributed by atoms with E-state index in [0.717, 1.165) is 11.3 Å². The van der Waals surface area contributed by atoms with Crippen LogP contribution < -0.4 is 10.9 Å². The summed E-state index contributed by atoms with van der Waals surface area (Å²) >= 11 is 7.36. The Balaban J connectivity index is 1.86. The molecule has 1 N–H and O–H groups in total. The third-order valence-corrected chi connectivity index (χ3v) is 4.60. The lowest BCUT2D eigenvalue weighted by Gasteiger charge is -2.06. The molecular formula is C16H11ClN4OS. The zero-order valence-corrected chi connectivity index (χ0v) is 13.6. The number of hydrogen-bond acceptors (Lipinski definition) is 5. The largest absolute Gasteiger partial charge is 0.330 e. The van der Waals surface area contributed by atoms with E-state index in [-0.39, 0.29) is 5.56 Å². The van der Waals surface area contributed by atoms with E-state index >= 15 is 0 Å². The SMILES string of the molecule is Cc1ccc(Cl)cc1Nc1nn2c(=O)c3ccccc3nc2s1. The van der Waals surface area contributed by atoms with E-state index in [1.165, 1.54) is 15.9 Å². The van der Waals surface area contributed by atoms with E-state index in [4.69, 9.17) is 11.6 Å². The molecule has 0 unspecified atom stereocenters. The van der Waals surface area contributed by atoms with Crippen molar-refractivity contribution in [3.05, 3.63) is 63.4 Å². The highest BCUT2D eigenvalue weighted by molar-refractivity contribution is 7.20. The van der Waals surface area contributed by atoms with Gasteiger partial charge in [-0.05, 0) is 36.8 Å². The number of nitrogens with zero attached hydrogens (tertiary/aromatic N) is 3. The van der Waals surface area contributed by atoms with Crippen LogP contribution in [0.5, 0.6) is 0 Å². The third-order valence-electron chi connectivity index (χ3n) is 3.54. The lowest BCUT2D eigenvalue weighted by atomic mass is 10.2. The van der Waals surface area contributed by atoms with Crippen LogP contribution in [0, 0.1) is 6.92 Å². The molecule has 0 fully saturated rings. The molecule has 7 heteroatoms. The minimum Gasteiger partial charge on any atom is -0.330 e. The summed E-state index contributed by atoms with van der Waals surface area (Å²) in [4.78, 5) is 17.5. The molecule has 0 spiro atoms. The molecule has 5 nitrogen and oxygen atoms in total. The number of halogens is 1. The first kappa shape index (κ1) is 14.2. The van der Waals surface area contributed by atoms with Crippen molar-refractivity contribution in [3.8, 4) is 0 Å². The maximum absolute atomic E-state index is 12.5. The van der Waals surface area contributed by atoms with Crippen molar-refractivity contribution in [2.24, 2.45) is 0 Å². The van der Waals surface area contributed by atoms with E-state index in [0.29, 0.717) is 26.0 Å². The molecule has 0 saturated carbocycles. The maximum Gasteiger partial charge on any atom is 0.283 e. The van der Waals surface area contributed by atoms with Gasteiger partial charge in [-0.2, -0.15) is 4.52 Å². The normalized spacial score (nSPS) is 11.2. The van der Waals surface area contributed by atoms with Crippen molar-refractivity contribution >= 4 is 49.6 Å². The van der Waals surface area contributed by atoms with Crippen molar-refractivity contribution in [1.29, 1.82) is 0 Å². The van der Waals surface area contributed by atoms with Gasteiger partial charge in [-0.3, -0.25) is 4.79 Å². The summed E-state index contributed by atoms with van der Waals surface area (Å²) in [7, 11) is 0. The fourth-order valence-electron chi connectivity index (χ4n) is 2.35. The van der Waals surface area contributed by atoms with Crippen molar-refractivity contribution in [1.82, 2.24) is 14.6 Å². The van der Waals surface area contributed by atoms with Gasteiger partial charge < -0.3 is 5.32 Å². The Labute approximate surface area is 140 Å². The minimum absolute atomic E-state index is 0.169. The molecule has 0 saturated heterocycles. The van der Waals surface area contributed by atoms with Crippen LogP contribution in [0.3, 0.4) is 0 Å². The summed E-state index contributed by atoms with van der Waals surface area (Å²) in [6.45, 7) is 1.98.